The van der Waals surface area contributed by atoms with Crippen LogP contribution >= 0.6 is 0 Å². The Balaban J connectivity index is 1.47. The number of hydrogen-bond donors (Lipinski definition) is 1. The molecule has 2 heterocycles. The van der Waals surface area contributed by atoms with Crippen LogP contribution in [-0.2, 0) is 6.54 Å². The number of nitrogens with zero attached hydrogens (tertiary/aromatic N) is 4. The van der Waals surface area contributed by atoms with E-state index in [1.807, 2.05) is 30.5 Å². The van der Waals surface area contributed by atoms with Crippen LogP contribution < -0.4 is 10.7 Å². The van der Waals surface area contributed by atoms with Crippen molar-refractivity contribution in [3.8, 4) is 0 Å². The van der Waals surface area contributed by atoms with Gasteiger partial charge in [-0.05, 0) is 30.2 Å². The molecule has 138 valence electrons. The molecule has 0 unspecified atom stereocenters. The fourth-order valence-electron chi connectivity index (χ4n) is 3.23. The third-order valence-electron chi connectivity index (χ3n) is 4.46. The molecular formula is C20H26FN5. The molecule has 2 aromatic rings. The fourth-order valence-corrected chi connectivity index (χ4v) is 3.23. The highest BCUT2D eigenvalue weighted by Gasteiger charge is 2.18. The number of benzene rings is 1. The van der Waals surface area contributed by atoms with Gasteiger partial charge in [0.1, 0.15) is 5.82 Å². The lowest BCUT2D eigenvalue weighted by Crippen LogP contribution is -2.47. The number of pyridine rings is 1. The van der Waals surface area contributed by atoms with E-state index < -0.39 is 5.95 Å². The number of hydrogen-bond acceptors (Lipinski definition) is 5. The Morgan fingerprint density at radius 2 is 1.85 bits per heavy atom. The van der Waals surface area contributed by atoms with Gasteiger partial charge in [0.25, 0.3) is 0 Å². The SMILES string of the molecule is C/C(=C\N(N)Cc1ccccc1)CN1CCN(c2cccc(F)n2)CC1. The molecule has 1 fully saturated rings. The molecule has 1 aliphatic heterocycles. The number of halogens is 1. The molecule has 1 saturated heterocycles. The lowest BCUT2D eigenvalue weighted by molar-refractivity contribution is 0.274. The van der Waals surface area contributed by atoms with E-state index in [0.29, 0.717) is 12.4 Å². The van der Waals surface area contributed by atoms with Crippen LogP contribution in [0.1, 0.15) is 12.5 Å². The molecule has 6 heteroatoms. The normalized spacial score (nSPS) is 16.0. The summed E-state index contributed by atoms with van der Waals surface area (Å²) in [6, 6.07) is 15.1. The Morgan fingerprint density at radius 3 is 2.54 bits per heavy atom. The van der Waals surface area contributed by atoms with Gasteiger partial charge < -0.3 is 9.91 Å². The Kier molecular flexibility index (Phi) is 6.20. The van der Waals surface area contributed by atoms with Gasteiger partial charge in [-0.15, -0.1) is 0 Å². The maximum atomic E-state index is 13.3. The molecule has 1 aromatic heterocycles. The van der Waals surface area contributed by atoms with Crippen molar-refractivity contribution in [2.24, 2.45) is 5.84 Å². The molecule has 5 nitrogen and oxygen atoms in total. The zero-order valence-corrected chi connectivity index (χ0v) is 15.2. The van der Waals surface area contributed by atoms with E-state index in [-0.39, 0.29) is 0 Å². The Labute approximate surface area is 154 Å². The summed E-state index contributed by atoms with van der Waals surface area (Å²) in [7, 11) is 0. The van der Waals surface area contributed by atoms with Gasteiger partial charge in [0.2, 0.25) is 5.95 Å². The first-order valence-electron chi connectivity index (χ1n) is 8.92. The molecule has 2 N–H and O–H groups in total. The van der Waals surface area contributed by atoms with Gasteiger partial charge in [-0.1, -0.05) is 36.4 Å². The van der Waals surface area contributed by atoms with Gasteiger partial charge >= 0.3 is 0 Å². The molecule has 0 atom stereocenters. The van der Waals surface area contributed by atoms with Gasteiger partial charge in [-0.25, -0.2) is 10.8 Å². The highest BCUT2D eigenvalue weighted by atomic mass is 19.1. The predicted octanol–water partition coefficient (Wildman–Crippen LogP) is 2.62. The van der Waals surface area contributed by atoms with E-state index in [0.717, 1.165) is 32.7 Å². The van der Waals surface area contributed by atoms with Crippen LogP contribution in [0.25, 0.3) is 0 Å². The van der Waals surface area contributed by atoms with Crippen LogP contribution in [0.4, 0.5) is 10.2 Å². The van der Waals surface area contributed by atoms with E-state index in [2.05, 4.69) is 33.8 Å². The highest BCUT2D eigenvalue weighted by molar-refractivity contribution is 5.38. The molecule has 26 heavy (non-hydrogen) atoms. The largest absolute Gasteiger partial charge is 0.354 e. The fraction of sp³-hybridized carbons (Fsp3) is 0.350. The van der Waals surface area contributed by atoms with Gasteiger partial charge in [-0.3, -0.25) is 4.90 Å². The summed E-state index contributed by atoms with van der Waals surface area (Å²) < 4.78 is 13.3. The molecular weight excluding hydrogens is 329 g/mol. The molecule has 0 spiro atoms. The van der Waals surface area contributed by atoms with Gasteiger partial charge in [-0.2, -0.15) is 4.39 Å². The monoisotopic (exact) mass is 355 g/mol. The average molecular weight is 355 g/mol. The summed E-state index contributed by atoms with van der Waals surface area (Å²) in [4.78, 5) is 8.48. The molecule has 1 aliphatic rings. The number of anilines is 1. The van der Waals surface area contributed by atoms with Crippen LogP contribution in [0.3, 0.4) is 0 Å². The first-order valence-corrected chi connectivity index (χ1v) is 8.92. The van der Waals surface area contributed by atoms with Crippen molar-refractivity contribution in [3.05, 3.63) is 71.8 Å². The first-order chi connectivity index (χ1) is 12.6. The van der Waals surface area contributed by atoms with Crippen molar-refractivity contribution < 1.29 is 4.39 Å². The number of aromatic nitrogens is 1. The van der Waals surface area contributed by atoms with E-state index in [1.54, 1.807) is 11.1 Å². The Bertz CT molecular complexity index is 726. The van der Waals surface area contributed by atoms with Crippen molar-refractivity contribution in [1.29, 1.82) is 0 Å². The summed E-state index contributed by atoms with van der Waals surface area (Å²) in [5.41, 5.74) is 2.41. The van der Waals surface area contributed by atoms with Crippen LogP contribution in [0, 0.1) is 5.95 Å². The lowest BCUT2D eigenvalue weighted by atomic mass is 10.2. The summed E-state index contributed by atoms with van der Waals surface area (Å²) in [5.74, 6) is 6.40. The second-order valence-electron chi connectivity index (χ2n) is 6.72. The molecule has 3 rings (SSSR count). The number of nitrogens with two attached hydrogens (primary N) is 1. The molecule has 0 bridgehead atoms. The smallest absolute Gasteiger partial charge is 0.214 e. The standard InChI is InChI=1S/C20H26FN5/c1-17(15-26(22)16-18-6-3-2-4-7-18)14-24-10-12-25(13-11-24)20-9-5-8-19(21)23-20/h2-9,15H,10-14,16,22H2,1H3/b17-15+. The second kappa shape index (κ2) is 8.78. The minimum absolute atomic E-state index is 0.426. The van der Waals surface area contributed by atoms with Gasteiger partial charge in [0.15, 0.2) is 0 Å². The van der Waals surface area contributed by atoms with Crippen LogP contribution in [0.2, 0.25) is 0 Å². The van der Waals surface area contributed by atoms with Gasteiger partial charge in [0, 0.05) is 38.9 Å². The van der Waals surface area contributed by atoms with E-state index >= 15 is 0 Å². The van der Waals surface area contributed by atoms with E-state index in [1.165, 1.54) is 17.2 Å². The van der Waals surface area contributed by atoms with E-state index in [4.69, 9.17) is 5.84 Å². The maximum absolute atomic E-state index is 13.3. The number of rotatable bonds is 6. The van der Waals surface area contributed by atoms with Crippen molar-refractivity contribution in [1.82, 2.24) is 14.9 Å². The van der Waals surface area contributed by atoms with Crippen LogP contribution in [-0.4, -0.2) is 47.6 Å². The number of hydrazine groups is 1. The molecule has 0 aliphatic carbocycles. The summed E-state index contributed by atoms with van der Waals surface area (Å²) in [6.07, 6.45) is 2.01. The maximum Gasteiger partial charge on any atom is 0.214 e. The lowest BCUT2D eigenvalue weighted by Gasteiger charge is -2.35. The molecule has 0 saturated carbocycles. The second-order valence-corrected chi connectivity index (χ2v) is 6.72. The minimum atomic E-state index is -0.426. The van der Waals surface area contributed by atoms with Crippen molar-refractivity contribution in [2.45, 2.75) is 13.5 Å². The zero-order chi connectivity index (χ0) is 18.4. The summed E-state index contributed by atoms with van der Waals surface area (Å²) in [6.45, 7) is 7.22. The van der Waals surface area contributed by atoms with Gasteiger partial charge in [0.05, 0.1) is 6.54 Å². The highest BCUT2D eigenvalue weighted by Crippen LogP contribution is 2.14. The third-order valence-corrected chi connectivity index (χ3v) is 4.46. The minimum Gasteiger partial charge on any atom is -0.354 e. The Morgan fingerprint density at radius 1 is 1.12 bits per heavy atom. The first kappa shape index (κ1) is 18.4. The predicted molar refractivity (Wildman–Crippen MR) is 103 cm³/mol. The average Bonchev–Trinajstić information content (AvgIpc) is 2.63. The van der Waals surface area contributed by atoms with Crippen molar-refractivity contribution >= 4 is 5.82 Å². The Hall–Kier alpha value is -2.44. The van der Waals surface area contributed by atoms with Crippen LogP contribution in [0.5, 0.6) is 0 Å². The quantitative estimate of drug-likeness (QED) is 0.490. The molecule has 0 amide bonds. The number of piperazine rings is 1. The van der Waals surface area contributed by atoms with Crippen molar-refractivity contribution in [2.75, 3.05) is 37.6 Å². The third kappa shape index (κ3) is 5.28. The molecule has 1 aromatic carbocycles. The topological polar surface area (TPSA) is 48.6 Å². The van der Waals surface area contributed by atoms with E-state index in [9.17, 15) is 4.39 Å². The molecule has 0 radical (unpaired) electrons. The zero-order valence-electron chi connectivity index (χ0n) is 15.2. The summed E-state index contributed by atoms with van der Waals surface area (Å²) in [5, 5.41) is 1.73. The summed E-state index contributed by atoms with van der Waals surface area (Å²) >= 11 is 0. The van der Waals surface area contributed by atoms with Crippen molar-refractivity contribution in [3.63, 3.8) is 0 Å². The van der Waals surface area contributed by atoms with Crippen LogP contribution in [0.15, 0.2) is 60.3 Å².